The fraction of sp³-hybridized carbons (Fsp3) is 0.944. The fourth-order valence-electron chi connectivity index (χ4n) is 4.04. The molecule has 3 aliphatic rings. The molecule has 0 aromatic carbocycles. The Kier molecular flexibility index (Phi) is 5.58. The lowest BCUT2D eigenvalue weighted by atomic mass is 10.2. The first-order valence-corrected chi connectivity index (χ1v) is 9.12. The van der Waals surface area contributed by atoms with Gasteiger partial charge < -0.3 is 14.2 Å². The van der Waals surface area contributed by atoms with Crippen molar-refractivity contribution in [1.82, 2.24) is 0 Å². The minimum absolute atomic E-state index is 0.301. The summed E-state index contributed by atoms with van der Waals surface area (Å²) in [4.78, 5) is 0. The zero-order valence-corrected chi connectivity index (χ0v) is 13.4. The maximum Gasteiger partial charge on any atom is 0.283 e. The second-order valence-corrected chi connectivity index (χ2v) is 7.01. The Bertz CT molecular complexity index is 254. The molecular weight excluding hydrogens is 264 g/mol. The van der Waals surface area contributed by atoms with Crippen molar-refractivity contribution in [2.24, 2.45) is 0 Å². The zero-order valence-electron chi connectivity index (χ0n) is 13.4. The highest BCUT2D eigenvalue weighted by Gasteiger charge is 2.41. The Morgan fingerprint density at radius 3 is 1.14 bits per heavy atom. The second-order valence-electron chi connectivity index (χ2n) is 7.01. The van der Waals surface area contributed by atoms with Crippen LogP contribution in [-0.2, 0) is 14.2 Å². The SMILES string of the molecule is [CH2]CC(OC1CCCC1)(OC1CCCC1)OC1CCCC1. The lowest BCUT2D eigenvalue weighted by Gasteiger charge is -2.38. The predicted octanol–water partition coefficient (Wildman–Crippen LogP) is 4.74. The van der Waals surface area contributed by atoms with E-state index in [1.165, 1.54) is 38.5 Å². The smallest absolute Gasteiger partial charge is 0.283 e. The van der Waals surface area contributed by atoms with E-state index in [4.69, 9.17) is 14.2 Å². The highest BCUT2D eigenvalue weighted by atomic mass is 16.9. The van der Waals surface area contributed by atoms with E-state index in [1.54, 1.807) is 0 Å². The van der Waals surface area contributed by atoms with Crippen LogP contribution in [0.3, 0.4) is 0 Å². The molecule has 3 aliphatic carbocycles. The van der Waals surface area contributed by atoms with Gasteiger partial charge in [-0.2, -0.15) is 0 Å². The zero-order chi connectivity index (χ0) is 14.5. The van der Waals surface area contributed by atoms with Crippen molar-refractivity contribution in [2.45, 2.75) is 108 Å². The average molecular weight is 295 g/mol. The minimum Gasteiger partial charge on any atom is -0.324 e. The Morgan fingerprint density at radius 1 is 0.619 bits per heavy atom. The van der Waals surface area contributed by atoms with Gasteiger partial charge in [-0.05, 0) is 45.4 Å². The molecule has 21 heavy (non-hydrogen) atoms. The van der Waals surface area contributed by atoms with Gasteiger partial charge in [0.25, 0.3) is 5.97 Å². The van der Waals surface area contributed by atoms with Crippen LogP contribution in [0.1, 0.15) is 83.5 Å². The third-order valence-electron chi connectivity index (χ3n) is 5.25. The number of hydrogen-bond donors (Lipinski definition) is 0. The van der Waals surface area contributed by atoms with Crippen molar-refractivity contribution in [3.63, 3.8) is 0 Å². The summed E-state index contributed by atoms with van der Waals surface area (Å²) in [5.74, 6) is -0.876. The van der Waals surface area contributed by atoms with Crippen LogP contribution in [0.4, 0.5) is 0 Å². The number of rotatable bonds is 7. The normalized spacial score (nSPS) is 26.1. The van der Waals surface area contributed by atoms with Crippen LogP contribution in [0.5, 0.6) is 0 Å². The van der Waals surface area contributed by atoms with E-state index in [1.807, 2.05) is 0 Å². The standard InChI is InChI=1S/C18H31O3/c1-2-18(19-15-9-3-4-10-15,20-16-11-5-6-12-16)21-17-13-7-8-14-17/h15-17H,1-14H2. The van der Waals surface area contributed by atoms with Crippen molar-refractivity contribution in [3.05, 3.63) is 6.92 Å². The van der Waals surface area contributed by atoms with E-state index in [9.17, 15) is 0 Å². The molecule has 3 saturated carbocycles. The Labute approximate surface area is 129 Å². The van der Waals surface area contributed by atoms with Gasteiger partial charge in [0.2, 0.25) is 0 Å². The highest BCUT2D eigenvalue weighted by Crippen LogP contribution is 2.37. The van der Waals surface area contributed by atoms with E-state index in [0.29, 0.717) is 24.7 Å². The van der Waals surface area contributed by atoms with Crippen molar-refractivity contribution >= 4 is 0 Å². The fourth-order valence-corrected chi connectivity index (χ4v) is 4.04. The predicted molar refractivity (Wildman–Crippen MR) is 82.7 cm³/mol. The molecule has 0 atom stereocenters. The molecule has 3 nitrogen and oxygen atoms in total. The first kappa shape index (κ1) is 15.8. The molecule has 0 unspecified atom stereocenters. The molecule has 3 rings (SSSR count). The highest BCUT2D eigenvalue weighted by molar-refractivity contribution is 4.77. The third kappa shape index (κ3) is 4.20. The van der Waals surface area contributed by atoms with E-state index in [-0.39, 0.29) is 0 Å². The Hall–Kier alpha value is -0.120. The first-order valence-electron chi connectivity index (χ1n) is 9.12. The summed E-state index contributed by atoms with van der Waals surface area (Å²) in [5.41, 5.74) is 0. The molecule has 1 radical (unpaired) electrons. The molecule has 121 valence electrons. The largest absolute Gasteiger partial charge is 0.324 e. The molecule has 0 spiro atoms. The molecule has 3 heteroatoms. The second kappa shape index (κ2) is 7.43. The van der Waals surface area contributed by atoms with E-state index in [2.05, 4.69) is 6.92 Å². The molecule has 0 aromatic rings. The van der Waals surface area contributed by atoms with Crippen LogP contribution in [0.2, 0.25) is 0 Å². The molecule has 3 fully saturated rings. The molecule has 0 aromatic heterocycles. The summed E-state index contributed by atoms with van der Waals surface area (Å²) in [5, 5.41) is 0. The quantitative estimate of drug-likeness (QED) is 0.635. The van der Waals surface area contributed by atoms with Crippen molar-refractivity contribution in [2.75, 3.05) is 0 Å². The summed E-state index contributed by atoms with van der Waals surface area (Å²) in [7, 11) is 0. The van der Waals surface area contributed by atoms with Crippen LogP contribution >= 0.6 is 0 Å². The van der Waals surface area contributed by atoms with Gasteiger partial charge in [-0.25, -0.2) is 0 Å². The minimum atomic E-state index is -0.876. The van der Waals surface area contributed by atoms with Crippen molar-refractivity contribution in [3.8, 4) is 0 Å². The summed E-state index contributed by atoms with van der Waals surface area (Å²) >= 11 is 0. The van der Waals surface area contributed by atoms with Gasteiger partial charge in [0.05, 0.1) is 18.3 Å². The molecule has 0 heterocycles. The summed E-state index contributed by atoms with van der Waals surface area (Å²) in [6.07, 6.45) is 15.9. The lowest BCUT2D eigenvalue weighted by molar-refractivity contribution is -0.414. The first-order chi connectivity index (χ1) is 10.3. The molecule has 0 aliphatic heterocycles. The maximum atomic E-state index is 6.37. The van der Waals surface area contributed by atoms with Crippen molar-refractivity contribution < 1.29 is 14.2 Å². The van der Waals surface area contributed by atoms with Gasteiger partial charge in [-0.1, -0.05) is 38.5 Å². The molecular formula is C18H31O3. The monoisotopic (exact) mass is 295 g/mol. The van der Waals surface area contributed by atoms with Crippen LogP contribution < -0.4 is 0 Å². The van der Waals surface area contributed by atoms with Crippen LogP contribution in [-0.4, -0.2) is 24.3 Å². The number of ether oxygens (including phenoxy) is 3. The van der Waals surface area contributed by atoms with Crippen molar-refractivity contribution in [1.29, 1.82) is 0 Å². The Morgan fingerprint density at radius 2 is 0.905 bits per heavy atom. The van der Waals surface area contributed by atoms with E-state index in [0.717, 1.165) is 38.5 Å². The van der Waals surface area contributed by atoms with Gasteiger partial charge in [0.15, 0.2) is 0 Å². The van der Waals surface area contributed by atoms with Crippen LogP contribution in [0.15, 0.2) is 0 Å². The summed E-state index contributed by atoms with van der Waals surface area (Å²) < 4.78 is 19.1. The van der Waals surface area contributed by atoms with Crippen LogP contribution in [0, 0.1) is 6.92 Å². The van der Waals surface area contributed by atoms with Gasteiger partial charge in [0.1, 0.15) is 0 Å². The summed E-state index contributed by atoms with van der Waals surface area (Å²) in [6, 6.07) is 0. The average Bonchev–Trinajstić information content (AvgIpc) is 3.21. The maximum absolute atomic E-state index is 6.37. The lowest BCUT2D eigenvalue weighted by Crippen LogP contribution is -2.45. The molecule has 0 saturated heterocycles. The third-order valence-corrected chi connectivity index (χ3v) is 5.25. The number of hydrogen-bond acceptors (Lipinski definition) is 3. The Balaban J connectivity index is 1.65. The molecule has 0 amide bonds. The van der Waals surface area contributed by atoms with Gasteiger partial charge in [0, 0.05) is 6.42 Å². The van der Waals surface area contributed by atoms with Gasteiger partial charge in [-0.3, -0.25) is 0 Å². The van der Waals surface area contributed by atoms with Gasteiger partial charge in [-0.15, -0.1) is 0 Å². The van der Waals surface area contributed by atoms with Crippen LogP contribution in [0.25, 0.3) is 0 Å². The topological polar surface area (TPSA) is 27.7 Å². The summed E-state index contributed by atoms with van der Waals surface area (Å²) in [6.45, 7) is 4.11. The van der Waals surface area contributed by atoms with E-state index >= 15 is 0 Å². The van der Waals surface area contributed by atoms with E-state index < -0.39 is 5.97 Å². The molecule has 0 N–H and O–H groups in total. The van der Waals surface area contributed by atoms with Gasteiger partial charge >= 0.3 is 0 Å². The molecule has 0 bridgehead atoms.